The Hall–Kier alpha value is -1.79. The molecule has 2 aromatic rings. The summed E-state index contributed by atoms with van der Waals surface area (Å²) < 4.78 is 5.63. The van der Waals surface area contributed by atoms with Crippen LogP contribution in [0.1, 0.15) is 44.9 Å². The summed E-state index contributed by atoms with van der Waals surface area (Å²) in [5.74, 6) is -0.0772. The van der Waals surface area contributed by atoms with E-state index in [1.54, 1.807) is 12.4 Å². The summed E-state index contributed by atoms with van der Waals surface area (Å²) in [6.45, 7) is 3.09. The topological polar surface area (TPSA) is 64.1 Å². The van der Waals surface area contributed by atoms with Crippen molar-refractivity contribution in [3.63, 3.8) is 0 Å². The van der Waals surface area contributed by atoms with Gasteiger partial charge in [-0.15, -0.1) is 11.3 Å². The molecule has 110 valence electrons. The molecular weight excluding hydrogens is 286 g/mol. The van der Waals surface area contributed by atoms with Crippen LogP contribution in [-0.2, 0) is 11.3 Å². The maximum absolute atomic E-state index is 12.1. The molecular formula is C15H17N3O2S. The van der Waals surface area contributed by atoms with Gasteiger partial charge >= 0.3 is 0 Å². The quantitative estimate of drug-likeness (QED) is 0.943. The number of aromatic nitrogens is 2. The molecule has 1 aliphatic rings. The first kappa shape index (κ1) is 14.2. The predicted molar refractivity (Wildman–Crippen MR) is 80.2 cm³/mol. The number of aryl methyl sites for hydroxylation is 1. The number of carbonyl (C=O) groups excluding carboxylic acids is 1. The number of carbonyl (C=O) groups is 1. The lowest BCUT2D eigenvalue weighted by Crippen LogP contribution is -2.22. The van der Waals surface area contributed by atoms with E-state index in [9.17, 15) is 4.79 Å². The van der Waals surface area contributed by atoms with Gasteiger partial charge in [-0.1, -0.05) is 0 Å². The van der Waals surface area contributed by atoms with Gasteiger partial charge in [0.1, 0.15) is 0 Å². The maximum Gasteiger partial charge on any atom is 0.261 e. The Balaban J connectivity index is 1.59. The number of nitrogens with one attached hydrogen (secondary N) is 1. The lowest BCUT2D eigenvalue weighted by Gasteiger charge is -2.05. The second-order valence-electron chi connectivity index (χ2n) is 5.04. The van der Waals surface area contributed by atoms with Crippen LogP contribution in [0.3, 0.4) is 0 Å². The molecule has 1 amide bonds. The standard InChI is InChI=1S/C15H17N3O2S/c1-10-7-17-11(8-16-10)9-18-15(19)14-5-4-13(21-14)12-3-2-6-20-12/h4-5,7-8,12H,2-3,6,9H2,1H3,(H,18,19). The van der Waals surface area contributed by atoms with Gasteiger partial charge in [0, 0.05) is 17.7 Å². The van der Waals surface area contributed by atoms with Crippen molar-refractivity contribution >= 4 is 17.2 Å². The molecule has 3 heterocycles. The van der Waals surface area contributed by atoms with Crippen LogP contribution in [0.25, 0.3) is 0 Å². The second kappa shape index (κ2) is 6.32. The molecule has 0 aliphatic carbocycles. The van der Waals surface area contributed by atoms with Gasteiger partial charge in [0.05, 0.1) is 35.1 Å². The normalized spacial score (nSPS) is 17.9. The molecule has 1 saturated heterocycles. The van der Waals surface area contributed by atoms with E-state index in [0.29, 0.717) is 11.4 Å². The highest BCUT2D eigenvalue weighted by atomic mass is 32.1. The first-order valence-electron chi connectivity index (χ1n) is 6.99. The summed E-state index contributed by atoms with van der Waals surface area (Å²) in [7, 11) is 0. The minimum Gasteiger partial charge on any atom is -0.373 e. The van der Waals surface area contributed by atoms with Gasteiger partial charge in [0.2, 0.25) is 0 Å². The molecule has 1 N–H and O–H groups in total. The lowest BCUT2D eigenvalue weighted by atomic mass is 10.2. The summed E-state index contributed by atoms with van der Waals surface area (Å²) in [4.78, 5) is 22.3. The van der Waals surface area contributed by atoms with Crippen LogP contribution in [-0.4, -0.2) is 22.5 Å². The van der Waals surface area contributed by atoms with E-state index in [1.165, 1.54) is 11.3 Å². The summed E-state index contributed by atoms with van der Waals surface area (Å²) in [6.07, 6.45) is 5.68. The number of ether oxygens (including phenoxy) is 1. The molecule has 5 nitrogen and oxygen atoms in total. The van der Waals surface area contributed by atoms with Gasteiger partial charge in [-0.25, -0.2) is 0 Å². The molecule has 1 aliphatic heterocycles. The fourth-order valence-corrected chi connectivity index (χ4v) is 3.23. The van der Waals surface area contributed by atoms with Crippen LogP contribution in [0.4, 0.5) is 0 Å². The molecule has 2 aromatic heterocycles. The van der Waals surface area contributed by atoms with Crippen molar-refractivity contribution in [1.29, 1.82) is 0 Å². The summed E-state index contributed by atoms with van der Waals surface area (Å²) in [5.41, 5.74) is 1.62. The molecule has 0 radical (unpaired) electrons. The van der Waals surface area contributed by atoms with Crippen molar-refractivity contribution < 1.29 is 9.53 Å². The Morgan fingerprint density at radius 3 is 3.05 bits per heavy atom. The fourth-order valence-electron chi connectivity index (χ4n) is 2.22. The summed E-state index contributed by atoms with van der Waals surface area (Å²) >= 11 is 1.50. The Morgan fingerprint density at radius 2 is 2.33 bits per heavy atom. The lowest BCUT2D eigenvalue weighted by molar-refractivity contribution is 0.0954. The Labute approximate surface area is 127 Å². The van der Waals surface area contributed by atoms with Crippen molar-refractivity contribution in [3.8, 4) is 0 Å². The van der Waals surface area contributed by atoms with Crippen LogP contribution in [0.2, 0.25) is 0 Å². The first-order chi connectivity index (χ1) is 10.2. The smallest absolute Gasteiger partial charge is 0.261 e. The van der Waals surface area contributed by atoms with Crippen molar-refractivity contribution in [2.45, 2.75) is 32.4 Å². The van der Waals surface area contributed by atoms with Crippen LogP contribution >= 0.6 is 11.3 Å². The van der Waals surface area contributed by atoms with E-state index in [-0.39, 0.29) is 12.0 Å². The molecule has 0 bridgehead atoms. The zero-order chi connectivity index (χ0) is 14.7. The SMILES string of the molecule is Cc1cnc(CNC(=O)c2ccc(C3CCCO3)s2)cn1. The monoisotopic (exact) mass is 303 g/mol. The Bertz CT molecular complexity index is 618. The highest BCUT2D eigenvalue weighted by Gasteiger charge is 2.20. The fraction of sp³-hybridized carbons (Fsp3) is 0.400. The van der Waals surface area contributed by atoms with Gasteiger partial charge in [0.25, 0.3) is 5.91 Å². The average molecular weight is 303 g/mol. The van der Waals surface area contributed by atoms with Gasteiger partial charge in [-0.2, -0.15) is 0 Å². The summed E-state index contributed by atoms with van der Waals surface area (Å²) in [5, 5.41) is 2.87. The van der Waals surface area contributed by atoms with E-state index in [4.69, 9.17) is 4.74 Å². The number of rotatable bonds is 4. The van der Waals surface area contributed by atoms with E-state index in [0.717, 1.165) is 35.7 Å². The number of hydrogen-bond acceptors (Lipinski definition) is 5. The molecule has 3 rings (SSSR count). The highest BCUT2D eigenvalue weighted by molar-refractivity contribution is 7.14. The van der Waals surface area contributed by atoms with Crippen molar-refractivity contribution in [3.05, 3.63) is 45.7 Å². The zero-order valence-corrected chi connectivity index (χ0v) is 12.7. The van der Waals surface area contributed by atoms with E-state index in [2.05, 4.69) is 15.3 Å². The van der Waals surface area contributed by atoms with Crippen molar-refractivity contribution in [2.24, 2.45) is 0 Å². The maximum atomic E-state index is 12.1. The molecule has 1 fully saturated rings. The van der Waals surface area contributed by atoms with Crippen molar-refractivity contribution in [2.75, 3.05) is 6.61 Å². The molecule has 21 heavy (non-hydrogen) atoms. The zero-order valence-electron chi connectivity index (χ0n) is 11.8. The third-order valence-electron chi connectivity index (χ3n) is 3.36. The van der Waals surface area contributed by atoms with Crippen molar-refractivity contribution in [1.82, 2.24) is 15.3 Å². The van der Waals surface area contributed by atoms with E-state index in [1.807, 2.05) is 19.1 Å². The van der Waals surface area contributed by atoms with Gasteiger partial charge in [0.15, 0.2) is 0 Å². The number of hydrogen-bond donors (Lipinski definition) is 1. The van der Waals surface area contributed by atoms with Crippen LogP contribution < -0.4 is 5.32 Å². The van der Waals surface area contributed by atoms with E-state index >= 15 is 0 Å². The highest BCUT2D eigenvalue weighted by Crippen LogP contribution is 2.33. The van der Waals surface area contributed by atoms with Crippen LogP contribution in [0.15, 0.2) is 24.5 Å². The average Bonchev–Trinajstić information content (AvgIpc) is 3.17. The molecule has 0 spiro atoms. The number of amides is 1. The number of thiophene rings is 1. The van der Waals surface area contributed by atoms with Crippen LogP contribution in [0.5, 0.6) is 0 Å². The molecule has 0 aromatic carbocycles. The summed E-state index contributed by atoms with van der Waals surface area (Å²) in [6, 6.07) is 3.85. The van der Waals surface area contributed by atoms with E-state index < -0.39 is 0 Å². The third-order valence-corrected chi connectivity index (χ3v) is 4.54. The molecule has 1 unspecified atom stereocenters. The van der Waals surface area contributed by atoms with Gasteiger partial charge in [-0.05, 0) is 31.9 Å². The molecule has 1 atom stereocenters. The van der Waals surface area contributed by atoms with Gasteiger partial charge < -0.3 is 10.1 Å². The van der Waals surface area contributed by atoms with Crippen LogP contribution in [0, 0.1) is 6.92 Å². The van der Waals surface area contributed by atoms with Gasteiger partial charge in [-0.3, -0.25) is 14.8 Å². The second-order valence-corrected chi connectivity index (χ2v) is 6.15. The Kier molecular flexibility index (Phi) is 4.26. The molecule has 6 heteroatoms. The molecule has 0 saturated carbocycles. The first-order valence-corrected chi connectivity index (χ1v) is 7.81. The third kappa shape index (κ3) is 3.46. The Morgan fingerprint density at radius 1 is 1.43 bits per heavy atom. The largest absolute Gasteiger partial charge is 0.373 e. The minimum atomic E-state index is -0.0772. The number of nitrogens with zero attached hydrogens (tertiary/aromatic N) is 2. The minimum absolute atomic E-state index is 0.0772. The predicted octanol–water partition coefficient (Wildman–Crippen LogP) is 2.63.